The molecule has 8 nitrogen and oxygen atoms in total. The van der Waals surface area contributed by atoms with Crippen molar-refractivity contribution < 1.29 is 9.53 Å². The van der Waals surface area contributed by atoms with E-state index in [-0.39, 0.29) is 5.91 Å². The summed E-state index contributed by atoms with van der Waals surface area (Å²) in [5.74, 6) is 1.71. The molecule has 0 radical (unpaired) electrons. The molecule has 0 aromatic carbocycles. The Morgan fingerprint density at radius 1 is 1.10 bits per heavy atom. The van der Waals surface area contributed by atoms with Crippen molar-refractivity contribution in [2.75, 3.05) is 31.2 Å². The van der Waals surface area contributed by atoms with Gasteiger partial charge in [0.15, 0.2) is 11.6 Å². The van der Waals surface area contributed by atoms with Gasteiger partial charge in [0.2, 0.25) is 5.91 Å². The number of aryl methyl sites for hydroxylation is 1. The van der Waals surface area contributed by atoms with Gasteiger partial charge in [-0.3, -0.25) is 4.79 Å². The van der Waals surface area contributed by atoms with Crippen molar-refractivity contribution >= 4 is 11.7 Å². The molecule has 30 heavy (non-hydrogen) atoms. The molecule has 0 atom stereocenters. The Hall–Kier alpha value is -2.48. The van der Waals surface area contributed by atoms with Gasteiger partial charge in [-0.2, -0.15) is 5.10 Å². The van der Waals surface area contributed by atoms with Crippen LogP contribution in [0.4, 0.5) is 5.82 Å². The summed E-state index contributed by atoms with van der Waals surface area (Å²) >= 11 is 0. The lowest BCUT2D eigenvalue weighted by Gasteiger charge is -2.27. The maximum absolute atomic E-state index is 12.4. The molecule has 1 amide bonds. The van der Waals surface area contributed by atoms with Crippen LogP contribution < -0.4 is 10.2 Å². The summed E-state index contributed by atoms with van der Waals surface area (Å²) in [7, 11) is 0. The van der Waals surface area contributed by atoms with Crippen LogP contribution in [0.3, 0.4) is 0 Å². The molecule has 4 rings (SSSR count). The van der Waals surface area contributed by atoms with Crippen molar-refractivity contribution in [1.29, 1.82) is 0 Å². The van der Waals surface area contributed by atoms with Crippen LogP contribution in [0.1, 0.15) is 55.5 Å². The molecule has 2 aromatic heterocycles. The average molecular weight is 413 g/mol. The Kier molecular flexibility index (Phi) is 6.62. The van der Waals surface area contributed by atoms with E-state index in [0.29, 0.717) is 24.7 Å². The van der Waals surface area contributed by atoms with E-state index in [0.717, 1.165) is 61.9 Å². The monoisotopic (exact) mass is 412 g/mol. The number of nitrogens with one attached hydrogen (secondary N) is 1. The van der Waals surface area contributed by atoms with E-state index in [9.17, 15) is 4.79 Å². The number of rotatable bonds is 6. The van der Waals surface area contributed by atoms with E-state index in [4.69, 9.17) is 4.74 Å². The number of carbonyl (C=O) groups is 1. The Morgan fingerprint density at radius 2 is 1.80 bits per heavy atom. The number of anilines is 1. The zero-order chi connectivity index (χ0) is 20.9. The smallest absolute Gasteiger partial charge is 0.220 e. The van der Waals surface area contributed by atoms with Crippen LogP contribution in [0.25, 0.3) is 5.82 Å². The summed E-state index contributed by atoms with van der Waals surface area (Å²) < 4.78 is 7.23. The van der Waals surface area contributed by atoms with Gasteiger partial charge in [-0.15, -0.1) is 10.2 Å². The molecule has 2 fully saturated rings. The van der Waals surface area contributed by atoms with Gasteiger partial charge in [-0.1, -0.05) is 19.3 Å². The highest BCUT2D eigenvalue weighted by molar-refractivity contribution is 5.76. The van der Waals surface area contributed by atoms with Crippen molar-refractivity contribution in [2.24, 2.45) is 0 Å². The molecule has 8 heteroatoms. The topological polar surface area (TPSA) is 85.2 Å². The van der Waals surface area contributed by atoms with Gasteiger partial charge < -0.3 is 15.0 Å². The molecular formula is C22H32N6O2. The second kappa shape index (κ2) is 9.55. The first kappa shape index (κ1) is 20.8. The Bertz CT molecular complexity index is 851. The van der Waals surface area contributed by atoms with E-state index < -0.39 is 0 Å². The lowest BCUT2D eigenvalue weighted by molar-refractivity contribution is -0.121. The number of carbonyl (C=O) groups excluding carboxylic acids is 1. The summed E-state index contributed by atoms with van der Waals surface area (Å²) in [6.07, 6.45) is 7.14. The van der Waals surface area contributed by atoms with Gasteiger partial charge in [0.25, 0.3) is 0 Å². The first-order valence-electron chi connectivity index (χ1n) is 11.1. The van der Waals surface area contributed by atoms with Crippen LogP contribution >= 0.6 is 0 Å². The van der Waals surface area contributed by atoms with Crippen LogP contribution in [0, 0.1) is 13.8 Å². The molecule has 162 valence electrons. The quantitative estimate of drug-likeness (QED) is 0.785. The van der Waals surface area contributed by atoms with Gasteiger partial charge in [0, 0.05) is 31.2 Å². The van der Waals surface area contributed by atoms with Crippen LogP contribution in [-0.4, -0.2) is 58.2 Å². The minimum absolute atomic E-state index is 0.142. The highest BCUT2D eigenvalue weighted by Gasteiger charge is 2.19. The molecule has 0 spiro atoms. The van der Waals surface area contributed by atoms with E-state index in [1.165, 1.54) is 19.3 Å². The van der Waals surface area contributed by atoms with Crippen molar-refractivity contribution in [3.8, 4) is 5.82 Å². The lowest BCUT2D eigenvalue weighted by Crippen LogP contribution is -2.36. The van der Waals surface area contributed by atoms with E-state index in [1.807, 2.05) is 30.7 Å². The fourth-order valence-electron chi connectivity index (χ4n) is 4.44. The molecule has 0 bridgehead atoms. The minimum Gasteiger partial charge on any atom is -0.378 e. The number of aromatic nitrogens is 4. The predicted molar refractivity (Wildman–Crippen MR) is 115 cm³/mol. The molecule has 0 unspecified atom stereocenters. The maximum atomic E-state index is 12.4. The summed E-state index contributed by atoms with van der Waals surface area (Å²) in [6.45, 7) is 7.14. The molecule has 1 saturated heterocycles. The van der Waals surface area contributed by atoms with Gasteiger partial charge in [0.05, 0.1) is 18.9 Å². The average Bonchev–Trinajstić information content (AvgIpc) is 3.07. The highest BCUT2D eigenvalue weighted by Crippen LogP contribution is 2.21. The number of ether oxygens (including phenoxy) is 1. The third-order valence-electron chi connectivity index (χ3n) is 6.20. The largest absolute Gasteiger partial charge is 0.378 e. The standard InChI is InChI=1S/C22H32N6O2/c1-16-19(8-11-22(29)23-18-6-4-3-5-7-18)17(2)28(26-16)21-10-9-20(24-25-21)27-12-14-30-15-13-27/h9-10,18H,3-8,11-15H2,1-2H3,(H,23,29). The van der Waals surface area contributed by atoms with Gasteiger partial charge >= 0.3 is 0 Å². The summed E-state index contributed by atoms with van der Waals surface area (Å²) in [5, 5.41) is 16.7. The first-order valence-corrected chi connectivity index (χ1v) is 11.1. The Morgan fingerprint density at radius 3 is 2.50 bits per heavy atom. The van der Waals surface area contributed by atoms with Crippen LogP contribution in [0.15, 0.2) is 12.1 Å². The zero-order valence-corrected chi connectivity index (χ0v) is 18.1. The molecule has 3 heterocycles. The number of hydrogen-bond acceptors (Lipinski definition) is 6. The highest BCUT2D eigenvalue weighted by atomic mass is 16.5. The first-order chi connectivity index (χ1) is 14.6. The van der Waals surface area contributed by atoms with Crippen molar-refractivity contribution in [3.05, 3.63) is 29.1 Å². The summed E-state index contributed by atoms with van der Waals surface area (Å²) in [5.41, 5.74) is 3.08. The number of amides is 1. The molecular weight excluding hydrogens is 380 g/mol. The van der Waals surface area contributed by atoms with Crippen molar-refractivity contribution in [2.45, 2.75) is 64.8 Å². The number of hydrogen-bond donors (Lipinski definition) is 1. The van der Waals surface area contributed by atoms with Gasteiger partial charge in [-0.25, -0.2) is 4.68 Å². The second-order valence-corrected chi connectivity index (χ2v) is 8.31. The Balaban J connectivity index is 1.39. The van der Waals surface area contributed by atoms with Gasteiger partial charge in [0.1, 0.15) is 0 Å². The molecule has 2 aliphatic rings. The minimum atomic E-state index is 0.142. The third kappa shape index (κ3) is 4.80. The number of morpholine rings is 1. The normalized spacial score (nSPS) is 17.9. The second-order valence-electron chi connectivity index (χ2n) is 8.31. The van der Waals surface area contributed by atoms with Crippen molar-refractivity contribution in [1.82, 2.24) is 25.3 Å². The molecule has 1 N–H and O–H groups in total. The fourth-order valence-corrected chi connectivity index (χ4v) is 4.44. The fraction of sp³-hybridized carbons (Fsp3) is 0.636. The van der Waals surface area contributed by atoms with Crippen molar-refractivity contribution in [3.63, 3.8) is 0 Å². The third-order valence-corrected chi connectivity index (χ3v) is 6.20. The maximum Gasteiger partial charge on any atom is 0.220 e. The number of nitrogens with zero attached hydrogens (tertiary/aromatic N) is 5. The van der Waals surface area contributed by atoms with E-state index in [2.05, 4.69) is 25.5 Å². The SMILES string of the molecule is Cc1nn(-c2ccc(N3CCOCC3)nn2)c(C)c1CCC(=O)NC1CCCCC1. The molecule has 2 aromatic rings. The zero-order valence-electron chi connectivity index (χ0n) is 18.1. The van der Waals surface area contributed by atoms with Crippen LogP contribution in [0.5, 0.6) is 0 Å². The van der Waals surface area contributed by atoms with Crippen LogP contribution in [-0.2, 0) is 16.0 Å². The van der Waals surface area contributed by atoms with Crippen LogP contribution in [0.2, 0.25) is 0 Å². The molecule has 1 aliphatic heterocycles. The summed E-state index contributed by atoms with van der Waals surface area (Å²) in [4.78, 5) is 14.6. The van der Waals surface area contributed by atoms with Gasteiger partial charge in [-0.05, 0) is 50.8 Å². The Labute approximate surface area is 178 Å². The molecule has 1 saturated carbocycles. The summed E-state index contributed by atoms with van der Waals surface area (Å²) in [6, 6.07) is 4.30. The molecule has 1 aliphatic carbocycles. The lowest BCUT2D eigenvalue weighted by atomic mass is 9.95. The predicted octanol–water partition coefficient (Wildman–Crippen LogP) is 2.50. The van der Waals surface area contributed by atoms with E-state index >= 15 is 0 Å². The van der Waals surface area contributed by atoms with E-state index in [1.54, 1.807) is 0 Å².